The van der Waals surface area contributed by atoms with E-state index in [0.717, 1.165) is 22.2 Å². The molecule has 1 unspecified atom stereocenters. The van der Waals surface area contributed by atoms with Crippen molar-refractivity contribution in [2.75, 3.05) is 7.05 Å². The van der Waals surface area contributed by atoms with Crippen molar-refractivity contribution in [3.63, 3.8) is 0 Å². The van der Waals surface area contributed by atoms with Gasteiger partial charge in [-0.3, -0.25) is 0 Å². The summed E-state index contributed by atoms with van der Waals surface area (Å²) in [5.74, 6) is 1.97. The molecule has 21 heavy (non-hydrogen) atoms. The standard InChI is InChI=1S/C15H20BrN3O2/c1-9(2)20-13-7-11(6-12(16)8-13)15-18-14(19-21-15)5-10(3)17-4/h6-10,17H,5H2,1-4H3. The lowest BCUT2D eigenvalue weighted by atomic mass is 10.2. The van der Waals surface area contributed by atoms with E-state index in [4.69, 9.17) is 9.26 Å². The number of nitrogens with zero attached hydrogens (tertiary/aromatic N) is 2. The Kier molecular flexibility index (Phi) is 5.36. The molecule has 0 spiro atoms. The molecule has 0 aliphatic heterocycles. The first-order chi connectivity index (χ1) is 9.97. The number of ether oxygens (including phenoxy) is 1. The Bertz CT molecular complexity index is 598. The van der Waals surface area contributed by atoms with Crippen LogP contribution in [0.1, 0.15) is 26.6 Å². The minimum atomic E-state index is 0.113. The average molecular weight is 354 g/mol. The van der Waals surface area contributed by atoms with E-state index < -0.39 is 0 Å². The molecular formula is C15H20BrN3O2. The van der Waals surface area contributed by atoms with Gasteiger partial charge >= 0.3 is 0 Å². The van der Waals surface area contributed by atoms with Crippen molar-refractivity contribution >= 4 is 15.9 Å². The second-order valence-corrected chi connectivity index (χ2v) is 6.17. The number of halogens is 1. The summed E-state index contributed by atoms with van der Waals surface area (Å²) in [6.45, 7) is 6.05. The maximum absolute atomic E-state index is 5.72. The summed E-state index contributed by atoms with van der Waals surface area (Å²) in [5.41, 5.74) is 0.843. The van der Waals surface area contributed by atoms with E-state index in [1.54, 1.807) is 0 Å². The number of nitrogens with one attached hydrogen (secondary N) is 1. The number of rotatable bonds is 6. The first-order valence-corrected chi connectivity index (χ1v) is 7.74. The molecule has 0 saturated heterocycles. The third-order valence-corrected chi connectivity index (χ3v) is 3.40. The smallest absolute Gasteiger partial charge is 0.258 e. The topological polar surface area (TPSA) is 60.2 Å². The first kappa shape index (κ1) is 16.0. The highest BCUT2D eigenvalue weighted by Crippen LogP contribution is 2.28. The molecule has 2 rings (SSSR count). The number of likely N-dealkylation sites (N-methyl/N-ethyl adjacent to an activating group) is 1. The van der Waals surface area contributed by atoms with Crippen LogP contribution in [0.25, 0.3) is 11.5 Å². The molecule has 0 saturated carbocycles. The van der Waals surface area contributed by atoms with Crippen molar-refractivity contribution in [2.45, 2.75) is 39.3 Å². The fourth-order valence-electron chi connectivity index (χ4n) is 1.86. The fourth-order valence-corrected chi connectivity index (χ4v) is 2.33. The summed E-state index contributed by atoms with van der Waals surface area (Å²) in [7, 11) is 1.91. The molecule has 0 aliphatic rings. The number of hydrogen-bond donors (Lipinski definition) is 1. The fraction of sp³-hybridized carbons (Fsp3) is 0.467. The maximum Gasteiger partial charge on any atom is 0.258 e. The first-order valence-electron chi connectivity index (χ1n) is 6.95. The van der Waals surface area contributed by atoms with Gasteiger partial charge in [-0.2, -0.15) is 4.98 Å². The van der Waals surface area contributed by atoms with Gasteiger partial charge in [0.15, 0.2) is 5.82 Å². The molecule has 6 heteroatoms. The zero-order valence-electron chi connectivity index (χ0n) is 12.7. The second-order valence-electron chi connectivity index (χ2n) is 5.25. The van der Waals surface area contributed by atoms with Crippen molar-refractivity contribution in [2.24, 2.45) is 0 Å². The predicted octanol–water partition coefficient (Wildman–Crippen LogP) is 3.44. The lowest BCUT2D eigenvalue weighted by molar-refractivity contribution is 0.242. The van der Waals surface area contributed by atoms with Crippen molar-refractivity contribution in [1.29, 1.82) is 0 Å². The van der Waals surface area contributed by atoms with Crippen LogP contribution in [0.3, 0.4) is 0 Å². The van der Waals surface area contributed by atoms with Gasteiger partial charge in [-0.25, -0.2) is 0 Å². The molecule has 1 heterocycles. The summed E-state index contributed by atoms with van der Waals surface area (Å²) in [6.07, 6.45) is 0.838. The minimum Gasteiger partial charge on any atom is -0.491 e. The highest BCUT2D eigenvalue weighted by atomic mass is 79.9. The number of benzene rings is 1. The molecule has 0 bridgehead atoms. The van der Waals surface area contributed by atoms with Gasteiger partial charge in [0.2, 0.25) is 0 Å². The van der Waals surface area contributed by atoms with Gasteiger partial charge < -0.3 is 14.6 Å². The normalized spacial score (nSPS) is 12.7. The lowest BCUT2D eigenvalue weighted by Crippen LogP contribution is -2.24. The molecule has 0 amide bonds. The Labute approximate surface area is 133 Å². The van der Waals surface area contributed by atoms with Crippen LogP contribution < -0.4 is 10.1 Å². The summed E-state index contributed by atoms with van der Waals surface area (Å²) < 4.78 is 12.0. The van der Waals surface area contributed by atoms with Gasteiger partial charge in [-0.15, -0.1) is 0 Å². The van der Waals surface area contributed by atoms with Gasteiger partial charge in [0.25, 0.3) is 5.89 Å². The largest absolute Gasteiger partial charge is 0.491 e. The van der Waals surface area contributed by atoms with Crippen LogP contribution in [0, 0.1) is 0 Å². The Balaban J connectivity index is 2.23. The van der Waals surface area contributed by atoms with E-state index >= 15 is 0 Å². The SMILES string of the molecule is CNC(C)Cc1noc(-c2cc(Br)cc(OC(C)C)c2)n1. The quantitative estimate of drug-likeness (QED) is 0.861. The van der Waals surface area contributed by atoms with Crippen molar-refractivity contribution in [3.05, 3.63) is 28.5 Å². The predicted molar refractivity (Wildman–Crippen MR) is 85.4 cm³/mol. The monoisotopic (exact) mass is 353 g/mol. The lowest BCUT2D eigenvalue weighted by Gasteiger charge is -2.10. The van der Waals surface area contributed by atoms with Crippen LogP contribution in [0.15, 0.2) is 27.2 Å². The Morgan fingerprint density at radius 1 is 1.29 bits per heavy atom. The van der Waals surface area contributed by atoms with Crippen LogP contribution in [0.4, 0.5) is 0 Å². The molecule has 1 aromatic carbocycles. The molecule has 0 aliphatic carbocycles. The molecule has 114 valence electrons. The van der Waals surface area contributed by atoms with E-state index in [1.807, 2.05) is 39.1 Å². The van der Waals surface area contributed by atoms with Gasteiger partial charge in [0.1, 0.15) is 5.75 Å². The summed E-state index contributed by atoms with van der Waals surface area (Å²) in [4.78, 5) is 4.44. The maximum atomic E-state index is 5.72. The van der Waals surface area contributed by atoms with Gasteiger partial charge in [0, 0.05) is 22.5 Å². The van der Waals surface area contributed by atoms with Gasteiger partial charge in [-0.1, -0.05) is 21.1 Å². The molecule has 0 radical (unpaired) electrons. The van der Waals surface area contributed by atoms with Crippen molar-refractivity contribution < 1.29 is 9.26 Å². The number of hydrogen-bond acceptors (Lipinski definition) is 5. The van der Waals surface area contributed by atoms with Crippen LogP contribution in [0.5, 0.6) is 5.75 Å². The highest BCUT2D eigenvalue weighted by molar-refractivity contribution is 9.10. The molecule has 5 nitrogen and oxygen atoms in total. The third-order valence-electron chi connectivity index (χ3n) is 2.94. The molecule has 1 N–H and O–H groups in total. The Hall–Kier alpha value is -1.40. The molecule has 1 atom stereocenters. The van der Waals surface area contributed by atoms with Crippen LogP contribution >= 0.6 is 15.9 Å². The third kappa shape index (κ3) is 4.54. The van der Waals surface area contributed by atoms with Gasteiger partial charge in [0.05, 0.1) is 6.10 Å². The molecule has 1 aromatic heterocycles. The summed E-state index contributed by atoms with van der Waals surface area (Å²) in [5, 5.41) is 7.17. The Morgan fingerprint density at radius 2 is 2.05 bits per heavy atom. The molecular weight excluding hydrogens is 334 g/mol. The van der Waals surface area contributed by atoms with Crippen molar-refractivity contribution in [1.82, 2.24) is 15.5 Å². The van der Waals surface area contributed by atoms with E-state index in [-0.39, 0.29) is 6.10 Å². The van der Waals surface area contributed by atoms with Crippen LogP contribution in [-0.4, -0.2) is 29.3 Å². The van der Waals surface area contributed by atoms with E-state index in [0.29, 0.717) is 17.8 Å². The summed E-state index contributed by atoms with van der Waals surface area (Å²) in [6, 6.07) is 6.07. The summed E-state index contributed by atoms with van der Waals surface area (Å²) >= 11 is 3.48. The van der Waals surface area contributed by atoms with Crippen LogP contribution in [-0.2, 0) is 6.42 Å². The minimum absolute atomic E-state index is 0.113. The second kappa shape index (κ2) is 7.04. The zero-order chi connectivity index (χ0) is 15.4. The van der Waals surface area contributed by atoms with E-state index in [9.17, 15) is 0 Å². The zero-order valence-corrected chi connectivity index (χ0v) is 14.3. The van der Waals surface area contributed by atoms with E-state index in [1.165, 1.54) is 0 Å². The van der Waals surface area contributed by atoms with E-state index in [2.05, 4.69) is 38.3 Å². The number of aromatic nitrogens is 2. The molecule has 0 fully saturated rings. The van der Waals surface area contributed by atoms with Crippen LogP contribution in [0.2, 0.25) is 0 Å². The van der Waals surface area contributed by atoms with Crippen molar-refractivity contribution in [3.8, 4) is 17.2 Å². The van der Waals surface area contributed by atoms with Gasteiger partial charge in [-0.05, 0) is 46.0 Å². The average Bonchev–Trinajstić information content (AvgIpc) is 2.85. The molecule has 2 aromatic rings. The Morgan fingerprint density at radius 3 is 2.71 bits per heavy atom. The highest BCUT2D eigenvalue weighted by Gasteiger charge is 2.13.